The van der Waals surface area contributed by atoms with Crippen LogP contribution in [0.2, 0.25) is 0 Å². The van der Waals surface area contributed by atoms with Crippen molar-refractivity contribution in [3.8, 4) is 6.07 Å². The number of thioether (sulfide) groups is 1. The van der Waals surface area contributed by atoms with Gasteiger partial charge in [-0.05, 0) is 12.1 Å². The molecule has 1 aromatic heterocycles. The van der Waals surface area contributed by atoms with Crippen molar-refractivity contribution < 1.29 is 13.2 Å². The number of anilines is 1. The molecule has 0 fully saturated rings. The maximum atomic E-state index is 12.8. The van der Waals surface area contributed by atoms with Gasteiger partial charge in [0.05, 0.1) is 11.8 Å². The molecule has 2 amide bonds. The van der Waals surface area contributed by atoms with Gasteiger partial charge in [-0.25, -0.2) is 18.2 Å². The van der Waals surface area contributed by atoms with E-state index in [1.165, 1.54) is 18.2 Å². The quantitative estimate of drug-likeness (QED) is 0.778. The first-order valence-electron chi connectivity index (χ1n) is 6.04. The number of aromatic nitrogens is 3. The van der Waals surface area contributed by atoms with Crippen molar-refractivity contribution in [3.05, 3.63) is 36.9 Å². The number of benzene rings is 1. The summed E-state index contributed by atoms with van der Waals surface area (Å²) in [5, 5.41) is 8.66. The third-order valence-corrected chi connectivity index (χ3v) is 5.33. The second-order valence-electron chi connectivity index (χ2n) is 3.94. The number of urea groups is 1. The molecule has 118 valence electrons. The number of rotatable bonds is 5. The summed E-state index contributed by atoms with van der Waals surface area (Å²) in [6.45, 7) is 0. The van der Waals surface area contributed by atoms with Gasteiger partial charge < -0.3 is 5.73 Å². The fourth-order valence-electron chi connectivity index (χ4n) is 1.65. The number of sulfonamides is 1. The molecule has 0 aliphatic rings. The van der Waals surface area contributed by atoms with Crippen LogP contribution in [0.1, 0.15) is 0 Å². The van der Waals surface area contributed by atoms with Crippen molar-refractivity contribution in [1.82, 2.24) is 15.0 Å². The maximum absolute atomic E-state index is 12.8. The second-order valence-corrected chi connectivity index (χ2v) is 6.71. The highest BCUT2D eigenvalue weighted by Crippen LogP contribution is 2.29. The van der Waals surface area contributed by atoms with Crippen molar-refractivity contribution in [2.75, 3.05) is 10.1 Å². The van der Waals surface area contributed by atoms with Gasteiger partial charge in [-0.3, -0.25) is 0 Å². The van der Waals surface area contributed by atoms with Crippen LogP contribution in [-0.2, 0) is 10.0 Å². The molecule has 1 aromatic carbocycles. The molecule has 11 heteroatoms. The molecule has 0 atom stereocenters. The molecule has 1 heterocycles. The summed E-state index contributed by atoms with van der Waals surface area (Å²) < 4.78 is 25.9. The lowest BCUT2D eigenvalue weighted by atomic mass is 10.4. The van der Waals surface area contributed by atoms with Crippen LogP contribution < -0.4 is 10.0 Å². The number of primary amides is 1. The second kappa shape index (κ2) is 7.03. The van der Waals surface area contributed by atoms with Gasteiger partial charge in [0.1, 0.15) is 17.6 Å². The first-order valence-corrected chi connectivity index (χ1v) is 8.46. The van der Waals surface area contributed by atoms with Crippen LogP contribution in [0.3, 0.4) is 0 Å². The molecule has 2 rings (SSSR count). The maximum Gasteiger partial charge on any atom is 0.336 e. The highest BCUT2D eigenvalue weighted by atomic mass is 32.2. The van der Waals surface area contributed by atoms with Gasteiger partial charge in [0.2, 0.25) is 0 Å². The third kappa shape index (κ3) is 3.55. The normalized spacial score (nSPS) is 10.7. The molecule has 23 heavy (non-hydrogen) atoms. The molecule has 2 N–H and O–H groups in total. The van der Waals surface area contributed by atoms with Crippen molar-refractivity contribution >= 4 is 33.8 Å². The van der Waals surface area contributed by atoms with Crippen LogP contribution >= 0.6 is 11.8 Å². The van der Waals surface area contributed by atoms with E-state index < -0.39 is 22.0 Å². The molecular formula is C12H10N6O3S2. The van der Waals surface area contributed by atoms with Gasteiger partial charge in [-0.2, -0.15) is 15.2 Å². The van der Waals surface area contributed by atoms with Gasteiger partial charge in [0, 0.05) is 4.90 Å². The molecule has 0 spiro atoms. The smallest absolute Gasteiger partial charge is 0.336 e. The van der Waals surface area contributed by atoms with Crippen molar-refractivity contribution in [2.24, 2.45) is 5.73 Å². The number of amides is 2. The Morgan fingerprint density at radius 2 is 1.96 bits per heavy atom. The summed E-state index contributed by atoms with van der Waals surface area (Å²) in [5.41, 5.74) is 5.19. The number of hydrogen-bond acceptors (Lipinski definition) is 8. The fraction of sp³-hybridized carbons (Fsp3) is 0.0833. The fourth-order valence-corrected chi connectivity index (χ4v) is 4.07. The highest BCUT2D eigenvalue weighted by molar-refractivity contribution is 8.00. The van der Waals surface area contributed by atoms with E-state index in [2.05, 4.69) is 15.0 Å². The van der Waals surface area contributed by atoms with E-state index in [0.29, 0.717) is 9.20 Å². The highest BCUT2D eigenvalue weighted by Gasteiger charge is 2.33. The Morgan fingerprint density at radius 1 is 1.30 bits per heavy atom. The van der Waals surface area contributed by atoms with E-state index in [1.807, 2.05) is 6.07 Å². The monoisotopic (exact) mass is 350 g/mol. The summed E-state index contributed by atoms with van der Waals surface area (Å²) in [5.74, 6) is -0.359. The Morgan fingerprint density at radius 3 is 2.57 bits per heavy atom. The first kappa shape index (κ1) is 16.7. The lowest BCUT2D eigenvalue weighted by Crippen LogP contribution is -2.42. The Hall–Kier alpha value is -2.71. The Labute approximate surface area is 136 Å². The van der Waals surface area contributed by atoms with Gasteiger partial charge in [0.15, 0.2) is 0 Å². The van der Waals surface area contributed by atoms with Crippen LogP contribution in [0.4, 0.5) is 10.7 Å². The van der Waals surface area contributed by atoms with Gasteiger partial charge >= 0.3 is 6.03 Å². The summed E-state index contributed by atoms with van der Waals surface area (Å²) in [6.07, 6.45) is 2.09. The molecule has 0 aliphatic carbocycles. The van der Waals surface area contributed by atoms with Gasteiger partial charge in [-0.15, -0.1) is 16.1 Å². The Bertz CT molecular complexity index is 851. The van der Waals surface area contributed by atoms with E-state index in [0.717, 1.165) is 24.4 Å². The Kier molecular flexibility index (Phi) is 5.09. The van der Waals surface area contributed by atoms with E-state index >= 15 is 0 Å². The minimum atomic E-state index is -4.34. The summed E-state index contributed by atoms with van der Waals surface area (Å²) in [7, 11) is -4.34. The van der Waals surface area contributed by atoms with Crippen molar-refractivity contribution in [2.45, 2.75) is 9.79 Å². The average Bonchev–Trinajstić information content (AvgIpc) is 2.53. The lowest BCUT2D eigenvalue weighted by molar-refractivity contribution is 0.256. The molecule has 0 saturated heterocycles. The summed E-state index contributed by atoms with van der Waals surface area (Å²) in [6, 6.07) is 6.61. The molecule has 2 aromatic rings. The standard InChI is InChI=1S/C12H10N6O3S2/c13-5-6-22-9-3-1-2-4-10(9)23(20,21)18(11(14)19)12-16-7-15-8-17-12/h1-4,7-8H,6H2,(H2,14,19). The number of nitrogens with two attached hydrogens (primary N) is 1. The zero-order valence-corrected chi connectivity index (χ0v) is 13.2. The van der Waals surface area contributed by atoms with Crippen LogP contribution in [0.15, 0.2) is 46.7 Å². The van der Waals surface area contributed by atoms with Gasteiger partial charge in [0.25, 0.3) is 16.0 Å². The number of carbonyl (C=O) groups excluding carboxylic acids is 1. The SMILES string of the molecule is N#CCSc1ccccc1S(=O)(=O)N(C(N)=O)c1ncncn1. The third-order valence-electron chi connectivity index (χ3n) is 2.52. The number of nitrogens with zero attached hydrogens (tertiary/aromatic N) is 5. The van der Waals surface area contributed by atoms with E-state index in [1.54, 1.807) is 6.07 Å². The largest absolute Gasteiger partial charge is 0.350 e. The first-order chi connectivity index (χ1) is 11.0. The number of carbonyl (C=O) groups is 1. The minimum absolute atomic E-state index is 0.0505. The molecule has 9 nitrogen and oxygen atoms in total. The topological polar surface area (TPSA) is 143 Å². The van der Waals surface area contributed by atoms with Crippen molar-refractivity contribution in [1.29, 1.82) is 5.26 Å². The zero-order chi connectivity index (χ0) is 16.9. The zero-order valence-electron chi connectivity index (χ0n) is 11.5. The molecule has 0 saturated carbocycles. The van der Waals surface area contributed by atoms with Crippen LogP contribution in [-0.4, -0.2) is 35.2 Å². The van der Waals surface area contributed by atoms with Gasteiger partial charge in [-0.1, -0.05) is 12.1 Å². The predicted molar refractivity (Wildman–Crippen MR) is 81.9 cm³/mol. The van der Waals surface area contributed by atoms with Crippen LogP contribution in [0.25, 0.3) is 0 Å². The molecule has 0 bridgehead atoms. The predicted octanol–water partition coefficient (Wildman–Crippen LogP) is 0.761. The minimum Gasteiger partial charge on any atom is -0.350 e. The van der Waals surface area contributed by atoms with Crippen LogP contribution in [0.5, 0.6) is 0 Å². The van der Waals surface area contributed by atoms with E-state index in [-0.39, 0.29) is 10.6 Å². The summed E-state index contributed by atoms with van der Waals surface area (Å²) in [4.78, 5) is 22.7. The molecular weight excluding hydrogens is 340 g/mol. The molecule has 0 radical (unpaired) electrons. The number of nitriles is 1. The van der Waals surface area contributed by atoms with Crippen LogP contribution in [0, 0.1) is 11.3 Å². The van der Waals surface area contributed by atoms with E-state index in [4.69, 9.17) is 11.0 Å². The average molecular weight is 350 g/mol. The Balaban J connectivity index is 2.56. The lowest BCUT2D eigenvalue weighted by Gasteiger charge is -2.19. The summed E-state index contributed by atoms with van der Waals surface area (Å²) >= 11 is 1.03. The van der Waals surface area contributed by atoms with Crippen molar-refractivity contribution in [3.63, 3.8) is 0 Å². The molecule has 0 unspecified atom stereocenters. The number of hydrogen-bond donors (Lipinski definition) is 1. The molecule has 0 aliphatic heterocycles. The van der Waals surface area contributed by atoms with E-state index in [9.17, 15) is 13.2 Å².